The standard InChI is InChI=1S/C11H19NO3/c1-8(11(14)15)12-10(13)9-6-4-2-3-5-7-9/h8-9H,2-7H2,1H3,(H,12,13)(H,14,15)/p+1. The summed E-state index contributed by atoms with van der Waals surface area (Å²) >= 11 is 0. The molecule has 0 aromatic heterocycles. The van der Waals surface area contributed by atoms with E-state index in [1.165, 1.54) is 12.8 Å². The van der Waals surface area contributed by atoms with E-state index in [2.05, 4.69) is 5.32 Å². The van der Waals surface area contributed by atoms with Crippen LogP contribution in [0.25, 0.3) is 0 Å². The maximum Gasteiger partial charge on any atom is 0.503 e. The van der Waals surface area contributed by atoms with Crippen molar-refractivity contribution in [3.8, 4) is 0 Å². The molecule has 0 radical (unpaired) electrons. The zero-order valence-corrected chi connectivity index (χ0v) is 9.20. The predicted octanol–water partition coefficient (Wildman–Crippen LogP) is 1.52. The minimum absolute atomic E-state index is 0.0503. The number of amides is 1. The highest BCUT2D eigenvalue weighted by molar-refractivity contribution is 5.85. The Kier molecular flexibility index (Phi) is 4.59. The van der Waals surface area contributed by atoms with Gasteiger partial charge in [0.25, 0.3) is 0 Å². The predicted molar refractivity (Wildman–Crippen MR) is 58.4 cm³/mol. The van der Waals surface area contributed by atoms with Crippen LogP contribution in [0.1, 0.15) is 45.4 Å². The van der Waals surface area contributed by atoms with Crippen molar-refractivity contribution in [2.75, 3.05) is 0 Å². The Morgan fingerprint density at radius 1 is 1.33 bits per heavy atom. The molecule has 1 rings (SSSR count). The van der Waals surface area contributed by atoms with E-state index < -0.39 is 12.0 Å². The van der Waals surface area contributed by atoms with Crippen LogP contribution in [0, 0.1) is 5.92 Å². The highest BCUT2D eigenvalue weighted by atomic mass is 16.4. The van der Waals surface area contributed by atoms with E-state index in [9.17, 15) is 4.79 Å². The van der Waals surface area contributed by atoms with Crippen molar-refractivity contribution in [1.29, 1.82) is 0 Å². The molecule has 0 bridgehead atoms. The first-order chi connectivity index (χ1) is 7.11. The Bertz CT molecular complexity index is 232. The molecule has 4 nitrogen and oxygen atoms in total. The number of carboxylic acid groups (broad SMARTS) is 1. The molecule has 1 saturated carbocycles. The molecule has 0 saturated heterocycles. The van der Waals surface area contributed by atoms with Gasteiger partial charge >= 0.3 is 5.97 Å². The average Bonchev–Trinajstić information content (AvgIpc) is 2.45. The van der Waals surface area contributed by atoms with Gasteiger partial charge in [0.1, 0.15) is 0 Å². The number of hydrogen-bond donors (Lipinski definition) is 2. The zero-order valence-electron chi connectivity index (χ0n) is 9.20. The molecule has 1 amide bonds. The summed E-state index contributed by atoms with van der Waals surface area (Å²) in [7, 11) is 0. The van der Waals surface area contributed by atoms with Crippen molar-refractivity contribution in [2.24, 2.45) is 5.92 Å². The van der Waals surface area contributed by atoms with Crippen LogP contribution < -0.4 is 5.32 Å². The number of nitrogens with one attached hydrogen (secondary N) is 1. The van der Waals surface area contributed by atoms with Crippen molar-refractivity contribution in [1.82, 2.24) is 5.32 Å². The van der Waals surface area contributed by atoms with E-state index in [0.717, 1.165) is 25.7 Å². The lowest BCUT2D eigenvalue weighted by molar-refractivity contribution is -0.125. The molecule has 1 unspecified atom stereocenters. The highest BCUT2D eigenvalue weighted by Gasteiger charge is 2.25. The summed E-state index contributed by atoms with van der Waals surface area (Å²) in [6.07, 6.45) is 6.45. The number of hydrogen-bond acceptors (Lipinski definition) is 1. The molecule has 1 atom stereocenters. The number of carbonyl (C=O) groups excluding carboxylic acids is 1. The van der Waals surface area contributed by atoms with Crippen LogP contribution in [0.5, 0.6) is 0 Å². The largest absolute Gasteiger partial charge is 0.503 e. The highest BCUT2D eigenvalue weighted by Crippen LogP contribution is 2.22. The second kappa shape index (κ2) is 5.73. The summed E-state index contributed by atoms with van der Waals surface area (Å²) < 4.78 is 0. The van der Waals surface area contributed by atoms with Crippen LogP contribution in [0.2, 0.25) is 0 Å². The second-order valence-electron chi connectivity index (χ2n) is 4.28. The summed E-state index contributed by atoms with van der Waals surface area (Å²) in [5, 5.41) is 11.4. The zero-order chi connectivity index (χ0) is 11.3. The molecule has 1 aliphatic carbocycles. The SMILES string of the molecule is CC(NC(=O)C1CCCCCC1)C(O)=[OH+]. The van der Waals surface area contributed by atoms with E-state index in [4.69, 9.17) is 9.90 Å². The van der Waals surface area contributed by atoms with Crippen molar-refractivity contribution >= 4 is 11.9 Å². The lowest BCUT2D eigenvalue weighted by atomic mass is 9.99. The number of rotatable bonds is 3. The molecule has 86 valence electrons. The van der Waals surface area contributed by atoms with Gasteiger partial charge in [-0.25, -0.2) is 0 Å². The second-order valence-corrected chi connectivity index (χ2v) is 4.28. The topological polar surface area (TPSA) is 70.7 Å². The van der Waals surface area contributed by atoms with Crippen LogP contribution in [0.4, 0.5) is 0 Å². The summed E-state index contributed by atoms with van der Waals surface area (Å²) in [4.78, 5) is 20.5. The third kappa shape index (κ3) is 3.90. The number of carbonyl (C=O) groups is 1. The van der Waals surface area contributed by atoms with Crippen molar-refractivity contribution in [3.63, 3.8) is 0 Å². The molecule has 0 aliphatic heterocycles. The van der Waals surface area contributed by atoms with E-state index >= 15 is 0 Å². The van der Waals surface area contributed by atoms with Crippen LogP contribution in [-0.2, 0) is 4.79 Å². The van der Waals surface area contributed by atoms with Gasteiger partial charge < -0.3 is 15.2 Å². The Morgan fingerprint density at radius 2 is 1.87 bits per heavy atom. The van der Waals surface area contributed by atoms with Crippen LogP contribution in [0.15, 0.2) is 0 Å². The first kappa shape index (κ1) is 12.0. The van der Waals surface area contributed by atoms with Gasteiger partial charge in [0, 0.05) is 5.92 Å². The minimum Gasteiger partial charge on any atom is -0.338 e. The van der Waals surface area contributed by atoms with Gasteiger partial charge in [-0.3, -0.25) is 4.79 Å². The molecule has 3 N–H and O–H groups in total. The van der Waals surface area contributed by atoms with Crippen LogP contribution >= 0.6 is 0 Å². The number of aliphatic carboxylic acids is 1. The molecule has 1 fully saturated rings. The fraction of sp³-hybridized carbons (Fsp3) is 0.818. The fourth-order valence-electron chi connectivity index (χ4n) is 1.94. The van der Waals surface area contributed by atoms with Crippen LogP contribution in [0.3, 0.4) is 0 Å². The Morgan fingerprint density at radius 3 is 2.33 bits per heavy atom. The van der Waals surface area contributed by atoms with Crippen LogP contribution in [-0.4, -0.2) is 27.8 Å². The van der Waals surface area contributed by atoms with Crippen molar-refractivity contribution < 1.29 is 14.7 Å². The first-order valence-electron chi connectivity index (χ1n) is 5.66. The summed E-state index contributed by atoms with van der Waals surface area (Å²) in [5.74, 6) is -0.726. The molecule has 0 aromatic rings. The molecule has 1 aliphatic rings. The summed E-state index contributed by atoms with van der Waals surface area (Å²) in [6.45, 7) is 1.56. The van der Waals surface area contributed by atoms with Gasteiger partial charge in [0.15, 0.2) is 6.04 Å². The molecule has 15 heavy (non-hydrogen) atoms. The van der Waals surface area contributed by atoms with Gasteiger partial charge in [0.2, 0.25) is 5.91 Å². The van der Waals surface area contributed by atoms with E-state index in [1.807, 2.05) is 0 Å². The maximum absolute atomic E-state index is 11.7. The third-order valence-corrected chi connectivity index (χ3v) is 2.97. The van der Waals surface area contributed by atoms with Gasteiger partial charge in [-0.05, 0) is 19.8 Å². The van der Waals surface area contributed by atoms with Crippen molar-refractivity contribution in [2.45, 2.75) is 51.5 Å². The maximum atomic E-state index is 11.7. The molecular weight excluding hydrogens is 194 g/mol. The van der Waals surface area contributed by atoms with Gasteiger partial charge in [-0.1, -0.05) is 25.7 Å². The molecule has 0 heterocycles. The lowest BCUT2D eigenvalue weighted by Gasteiger charge is -2.14. The summed E-state index contributed by atoms with van der Waals surface area (Å²) in [5.41, 5.74) is 0. The first-order valence-corrected chi connectivity index (χ1v) is 5.66. The smallest absolute Gasteiger partial charge is 0.338 e. The molecule has 0 aromatic carbocycles. The monoisotopic (exact) mass is 214 g/mol. The normalized spacial score (nSPS) is 20.3. The van der Waals surface area contributed by atoms with E-state index in [0.29, 0.717) is 0 Å². The van der Waals surface area contributed by atoms with Gasteiger partial charge in [-0.15, -0.1) is 0 Å². The molecule has 0 spiro atoms. The number of carboxylic acids is 1. The minimum atomic E-state index is -0.725. The molecular formula is C11H20NO3+. The fourth-order valence-corrected chi connectivity index (χ4v) is 1.94. The lowest BCUT2D eigenvalue weighted by Crippen LogP contribution is -2.41. The Labute approximate surface area is 90.0 Å². The van der Waals surface area contributed by atoms with Gasteiger partial charge in [0.05, 0.1) is 0 Å². The summed E-state index contributed by atoms with van der Waals surface area (Å²) in [6, 6.07) is -0.666. The quantitative estimate of drug-likeness (QED) is 0.552. The van der Waals surface area contributed by atoms with Crippen molar-refractivity contribution in [3.05, 3.63) is 0 Å². The average molecular weight is 214 g/mol. The van der Waals surface area contributed by atoms with E-state index in [-0.39, 0.29) is 11.8 Å². The molecule has 4 heteroatoms. The van der Waals surface area contributed by atoms with Gasteiger partial charge in [-0.2, -0.15) is 0 Å². The van der Waals surface area contributed by atoms with E-state index in [1.54, 1.807) is 6.92 Å². The Hall–Kier alpha value is -1.06. The third-order valence-electron chi connectivity index (χ3n) is 2.97. The Balaban J connectivity index is 2.41. The number of aliphatic hydroxyl groups excluding tert-OH is 1.